The molecule has 0 aliphatic carbocycles. The average Bonchev–Trinajstić information content (AvgIpc) is 2.76. The molecule has 1 aliphatic rings. The molecule has 3 rings (SSSR count). The molecule has 1 unspecified atom stereocenters. The Labute approximate surface area is 152 Å². The van der Waals surface area contributed by atoms with E-state index in [1.165, 1.54) is 0 Å². The molecule has 1 aliphatic heterocycles. The summed E-state index contributed by atoms with van der Waals surface area (Å²) in [6, 6.07) is 14.5. The molecule has 4 nitrogen and oxygen atoms in total. The van der Waals surface area contributed by atoms with Gasteiger partial charge < -0.3 is 4.74 Å². The van der Waals surface area contributed by atoms with Gasteiger partial charge in [-0.15, -0.1) is 0 Å². The summed E-state index contributed by atoms with van der Waals surface area (Å²) < 4.78 is 5.42. The normalized spacial score (nSPS) is 19.7. The van der Waals surface area contributed by atoms with Gasteiger partial charge in [0.05, 0.1) is 5.69 Å². The van der Waals surface area contributed by atoms with E-state index in [2.05, 4.69) is 0 Å². The number of carbonyl (C=O) groups is 2. The Bertz CT molecular complexity index is 842. The molecule has 1 atom stereocenters. The fourth-order valence-corrected chi connectivity index (χ4v) is 3.30. The number of rotatable bonds is 1. The second-order valence-corrected chi connectivity index (χ2v) is 7.73. The van der Waals surface area contributed by atoms with Crippen molar-refractivity contribution in [2.75, 3.05) is 4.90 Å². The van der Waals surface area contributed by atoms with E-state index in [1.54, 1.807) is 39.0 Å². The molecule has 0 bridgehead atoms. The van der Waals surface area contributed by atoms with Gasteiger partial charge >= 0.3 is 6.09 Å². The van der Waals surface area contributed by atoms with Gasteiger partial charge in [-0.3, -0.25) is 4.79 Å². The second-order valence-electron chi connectivity index (χ2n) is 7.17. The zero-order valence-electron chi connectivity index (χ0n) is 14.7. The van der Waals surface area contributed by atoms with Crippen molar-refractivity contribution in [3.63, 3.8) is 0 Å². The topological polar surface area (TPSA) is 46.6 Å². The lowest BCUT2D eigenvalue weighted by Gasteiger charge is -2.25. The van der Waals surface area contributed by atoms with Crippen LogP contribution in [0.5, 0.6) is 0 Å². The monoisotopic (exact) mass is 357 g/mol. The van der Waals surface area contributed by atoms with Gasteiger partial charge in [-0.2, -0.15) is 0 Å². The van der Waals surface area contributed by atoms with E-state index in [0.29, 0.717) is 16.8 Å². The lowest BCUT2D eigenvalue weighted by atomic mass is 9.91. The molecule has 25 heavy (non-hydrogen) atoms. The van der Waals surface area contributed by atoms with Crippen LogP contribution < -0.4 is 4.90 Å². The molecule has 2 aromatic rings. The maximum absolute atomic E-state index is 13.2. The number of halogens is 1. The van der Waals surface area contributed by atoms with Crippen molar-refractivity contribution in [1.29, 1.82) is 0 Å². The van der Waals surface area contributed by atoms with Crippen LogP contribution in [0.3, 0.4) is 0 Å². The van der Waals surface area contributed by atoms with Crippen LogP contribution in [0.4, 0.5) is 10.5 Å². The molecule has 0 saturated heterocycles. The first-order valence-electron chi connectivity index (χ1n) is 8.08. The number of ether oxygens (including phenoxy) is 1. The Hall–Kier alpha value is -2.33. The molecule has 0 N–H and O–H groups in total. The minimum atomic E-state index is -1.44. The molecule has 130 valence electrons. The summed E-state index contributed by atoms with van der Waals surface area (Å²) in [7, 11) is 0. The van der Waals surface area contributed by atoms with Crippen molar-refractivity contribution in [1.82, 2.24) is 0 Å². The highest BCUT2D eigenvalue weighted by Crippen LogP contribution is 2.49. The molecular formula is C20H20ClNO3. The van der Waals surface area contributed by atoms with Gasteiger partial charge in [0, 0.05) is 5.56 Å². The molecule has 0 radical (unpaired) electrons. The number of carbonyl (C=O) groups excluding carboxylic acids is 2. The highest BCUT2D eigenvalue weighted by Gasteiger charge is 2.54. The van der Waals surface area contributed by atoms with Crippen LogP contribution in [-0.2, 0) is 14.4 Å². The third kappa shape index (κ3) is 2.91. The van der Waals surface area contributed by atoms with E-state index in [4.69, 9.17) is 16.3 Å². The van der Waals surface area contributed by atoms with Crippen LogP contribution >= 0.6 is 11.6 Å². The van der Waals surface area contributed by atoms with E-state index < -0.39 is 22.5 Å². The Morgan fingerprint density at radius 3 is 2.36 bits per heavy atom. The number of benzene rings is 2. The van der Waals surface area contributed by atoms with Crippen LogP contribution in [0.2, 0.25) is 0 Å². The van der Waals surface area contributed by atoms with E-state index >= 15 is 0 Å². The molecule has 2 amide bonds. The van der Waals surface area contributed by atoms with Crippen molar-refractivity contribution < 1.29 is 14.3 Å². The fraction of sp³-hybridized carbons (Fsp3) is 0.300. The fourth-order valence-electron chi connectivity index (χ4n) is 2.94. The van der Waals surface area contributed by atoms with Crippen molar-refractivity contribution in [3.05, 3.63) is 65.2 Å². The Kier molecular flexibility index (Phi) is 4.12. The average molecular weight is 358 g/mol. The molecule has 2 aromatic carbocycles. The Morgan fingerprint density at radius 2 is 1.76 bits per heavy atom. The first-order valence-corrected chi connectivity index (χ1v) is 8.45. The van der Waals surface area contributed by atoms with Crippen molar-refractivity contribution in [2.45, 2.75) is 38.2 Å². The summed E-state index contributed by atoms with van der Waals surface area (Å²) in [6.45, 7) is 7.19. The molecule has 0 spiro atoms. The zero-order chi connectivity index (χ0) is 18.4. The summed E-state index contributed by atoms with van der Waals surface area (Å²) in [5, 5.41) is 0. The predicted molar refractivity (Wildman–Crippen MR) is 98.0 cm³/mol. The summed E-state index contributed by atoms with van der Waals surface area (Å²) in [4.78, 5) is 25.5. The summed E-state index contributed by atoms with van der Waals surface area (Å²) in [5.41, 5.74) is 1.92. The minimum absolute atomic E-state index is 0.462. The molecular weight excluding hydrogens is 338 g/mol. The van der Waals surface area contributed by atoms with Crippen LogP contribution in [0.15, 0.2) is 48.5 Å². The van der Waals surface area contributed by atoms with Crippen molar-refractivity contribution in [3.8, 4) is 0 Å². The van der Waals surface area contributed by atoms with Crippen LogP contribution in [0.25, 0.3) is 0 Å². The lowest BCUT2D eigenvalue weighted by molar-refractivity contribution is -0.119. The number of aryl methyl sites for hydroxylation is 1. The van der Waals surface area contributed by atoms with Gasteiger partial charge in [0.25, 0.3) is 5.91 Å². The molecule has 5 heteroatoms. The number of imide groups is 1. The zero-order valence-corrected chi connectivity index (χ0v) is 15.4. The molecule has 0 fully saturated rings. The van der Waals surface area contributed by atoms with Gasteiger partial charge in [-0.1, -0.05) is 59.6 Å². The van der Waals surface area contributed by atoms with Gasteiger partial charge in [0.1, 0.15) is 5.60 Å². The number of hydrogen-bond donors (Lipinski definition) is 0. The standard InChI is InChI=1S/C20H20ClNO3/c1-13-10-11-16-15(12-13)20(21,14-8-6-5-7-9-14)17(23)22(16)18(24)25-19(2,3)4/h5-12H,1-4H3. The third-order valence-electron chi connectivity index (χ3n) is 4.01. The second kappa shape index (κ2) is 5.88. The lowest BCUT2D eigenvalue weighted by Crippen LogP contribution is -2.43. The third-order valence-corrected chi connectivity index (χ3v) is 4.59. The van der Waals surface area contributed by atoms with Gasteiger partial charge in [0.15, 0.2) is 4.87 Å². The number of amides is 2. The number of alkyl halides is 1. The van der Waals surface area contributed by atoms with Gasteiger partial charge in [0.2, 0.25) is 0 Å². The summed E-state index contributed by atoms with van der Waals surface area (Å²) >= 11 is 6.86. The van der Waals surface area contributed by atoms with Crippen LogP contribution in [0, 0.1) is 6.92 Å². The quantitative estimate of drug-likeness (QED) is 0.691. The van der Waals surface area contributed by atoms with E-state index in [9.17, 15) is 9.59 Å². The minimum Gasteiger partial charge on any atom is -0.443 e. The highest BCUT2D eigenvalue weighted by molar-refractivity contribution is 6.44. The number of nitrogens with zero attached hydrogens (tertiary/aromatic N) is 1. The predicted octanol–water partition coefficient (Wildman–Crippen LogP) is 4.76. The smallest absolute Gasteiger partial charge is 0.421 e. The van der Waals surface area contributed by atoms with Gasteiger partial charge in [-0.05, 0) is 39.3 Å². The summed E-state index contributed by atoms with van der Waals surface area (Å²) in [5.74, 6) is -0.518. The largest absolute Gasteiger partial charge is 0.443 e. The first-order chi connectivity index (χ1) is 11.6. The summed E-state index contributed by atoms with van der Waals surface area (Å²) in [6.07, 6.45) is -0.721. The Balaban J connectivity index is 2.17. The Morgan fingerprint density at radius 1 is 1.12 bits per heavy atom. The van der Waals surface area contributed by atoms with E-state index in [1.807, 2.05) is 37.3 Å². The maximum Gasteiger partial charge on any atom is 0.421 e. The van der Waals surface area contributed by atoms with E-state index in [-0.39, 0.29) is 0 Å². The maximum atomic E-state index is 13.2. The SMILES string of the molecule is Cc1ccc2c(c1)C(Cl)(c1ccccc1)C(=O)N2C(=O)OC(C)(C)C. The molecule has 0 saturated carbocycles. The van der Waals surface area contributed by atoms with Crippen LogP contribution in [0.1, 0.15) is 37.5 Å². The molecule has 1 heterocycles. The highest BCUT2D eigenvalue weighted by atomic mass is 35.5. The van der Waals surface area contributed by atoms with Crippen molar-refractivity contribution >= 4 is 29.3 Å². The van der Waals surface area contributed by atoms with Crippen LogP contribution in [-0.4, -0.2) is 17.6 Å². The molecule has 0 aromatic heterocycles. The first kappa shape index (κ1) is 17.5. The van der Waals surface area contributed by atoms with Gasteiger partial charge in [-0.25, -0.2) is 9.69 Å². The number of hydrogen-bond acceptors (Lipinski definition) is 3. The van der Waals surface area contributed by atoms with Crippen molar-refractivity contribution in [2.24, 2.45) is 0 Å². The van der Waals surface area contributed by atoms with E-state index in [0.717, 1.165) is 10.5 Å². The number of anilines is 1. The number of fused-ring (bicyclic) bond motifs is 1.